The molecule has 2 atom stereocenters. The van der Waals surface area contributed by atoms with Gasteiger partial charge in [0.25, 0.3) is 5.91 Å². The van der Waals surface area contributed by atoms with Crippen LogP contribution in [0.4, 0.5) is 5.69 Å². The summed E-state index contributed by atoms with van der Waals surface area (Å²) in [5.74, 6) is 1.10. The van der Waals surface area contributed by atoms with Crippen molar-refractivity contribution in [1.82, 2.24) is 10.3 Å². The molecule has 0 saturated carbocycles. The number of hydrogen-bond acceptors (Lipinski definition) is 5. The van der Waals surface area contributed by atoms with Crippen LogP contribution in [-0.4, -0.2) is 41.1 Å². The number of carbonyl (C=O) groups excluding carboxylic acids is 1. The number of nitrogens with zero attached hydrogens (tertiary/aromatic N) is 2. The molecule has 7 nitrogen and oxygen atoms in total. The van der Waals surface area contributed by atoms with Gasteiger partial charge >= 0.3 is 0 Å². The van der Waals surface area contributed by atoms with Crippen molar-refractivity contribution in [3.8, 4) is 17.0 Å². The molecular weight excluding hydrogens is 476 g/mol. The van der Waals surface area contributed by atoms with Gasteiger partial charge in [-0.1, -0.05) is 54.6 Å². The first kappa shape index (κ1) is 25.2. The number of anilines is 1. The lowest BCUT2D eigenvalue weighted by atomic mass is 10.0. The maximum atomic E-state index is 13.0. The van der Waals surface area contributed by atoms with Crippen LogP contribution < -0.4 is 15.4 Å². The minimum Gasteiger partial charge on any atom is -0.476 e. The number of aliphatic hydroxyl groups excluding tert-OH is 1. The van der Waals surface area contributed by atoms with E-state index in [9.17, 15) is 9.90 Å². The second-order valence-corrected chi connectivity index (χ2v) is 9.19. The lowest BCUT2D eigenvalue weighted by Crippen LogP contribution is -2.33. The highest BCUT2D eigenvalue weighted by Crippen LogP contribution is 2.34. The van der Waals surface area contributed by atoms with Crippen LogP contribution in [-0.2, 0) is 6.42 Å². The lowest BCUT2D eigenvalue weighted by Gasteiger charge is -2.19. The van der Waals surface area contributed by atoms with Gasteiger partial charge in [0.2, 0.25) is 5.88 Å². The standard InChI is InChI=1S/C31H30N4O3/c1-21(32-17-18-38-29-9-5-6-16-33-29)34-26-15-14-25-19-28(36)30(27(25)20-26)35-31(37)24-12-10-23(11-13-24)22-7-3-2-4-8-22/h2-16,20,28,30,36H,17-19H2,1H3,(H,32,34)(H,35,37). The number of nitrogens with one attached hydrogen (secondary N) is 2. The number of aliphatic hydroxyl groups is 1. The molecule has 2 unspecified atom stereocenters. The van der Waals surface area contributed by atoms with Gasteiger partial charge in [0.15, 0.2) is 0 Å². The lowest BCUT2D eigenvalue weighted by molar-refractivity contribution is 0.0858. The van der Waals surface area contributed by atoms with E-state index in [4.69, 9.17) is 4.74 Å². The summed E-state index contributed by atoms with van der Waals surface area (Å²) in [5, 5.41) is 17.1. The van der Waals surface area contributed by atoms with Crippen molar-refractivity contribution in [2.24, 2.45) is 4.99 Å². The first-order valence-electron chi connectivity index (χ1n) is 12.7. The predicted molar refractivity (Wildman–Crippen MR) is 150 cm³/mol. The minimum atomic E-state index is -0.689. The average molecular weight is 507 g/mol. The van der Waals surface area contributed by atoms with Gasteiger partial charge in [-0.3, -0.25) is 9.79 Å². The molecule has 4 aromatic rings. The Hall–Kier alpha value is -4.49. The monoisotopic (exact) mass is 506 g/mol. The zero-order valence-corrected chi connectivity index (χ0v) is 21.2. The molecule has 0 fully saturated rings. The fourth-order valence-electron chi connectivity index (χ4n) is 4.59. The summed E-state index contributed by atoms with van der Waals surface area (Å²) in [5.41, 5.74) is 5.46. The van der Waals surface area contributed by atoms with Gasteiger partial charge in [0, 0.05) is 29.9 Å². The highest BCUT2D eigenvalue weighted by molar-refractivity contribution is 5.95. The quantitative estimate of drug-likeness (QED) is 0.177. The Bertz CT molecular complexity index is 1410. The fraction of sp³-hybridized carbons (Fsp3) is 0.194. The molecule has 1 aliphatic rings. The van der Waals surface area contributed by atoms with Crippen LogP contribution in [0.1, 0.15) is 34.5 Å². The molecule has 7 heteroatoms. The molecule has 3 aromatic carbocycles. The normalized spacial score (nSPS) is 16.5. The summed E-state index contributed by atoms with van der Waals surface area (Å²) >= 11 is 0. The van der Waals surface area contributed by atoms with Gasteiger partial charge in [0.1, 0.15) is 6.61 Å². The van der Waals surface area contributed by atoms with E-state index in [2.05, 4.69) is 20.6 Å². The average Bonchev–Trinajstić information content (AvgIpc) is 3.26. The first-order chi connectivity index (χ1) is 18.6. The van der Waals surface area contributed by atoms with Crippen LogP contribution in [0.5, 0.6) is 5.88 Å². The zero-order chi connectivity index (χ0) is 26.3. The number of fused-ring (bicyclic) bond motifs is 1. The van der Waals surface area contributed by atoms with E-state index >= 15 is 0 Å². The second-order valence-electron chi connectivity index (χ2n) is 9.19. The van der Waals surface area contributed by atoms with Gasteiger partial charge in [-0.15, -0.1) is 0 Å². The molecule has 0 aliphatic heterocycles. The molecule has 5 rings (SSSR count). The van der Waals surface area contributed by atoms with Gasteiger partial charge in [-0.05, 0) is 59.5 Å². The molecule has 0 saturated heterocycles. The molecule has 0 radical (unpaired) electrons. The van der Waals surface area contributed by atoms with Gasteiger partial charge < -0.3 is 20.5 Å². The summed E-state index contributed by atoms with van der Waals surface area (Å²) < 4.78 is 5.58. The largest absolute Gasteiger partial charge is 0.476 e. The van der Waals surface area contributed by atoms with Crippen molar-refractivity contribution >= 4 is 17.4 Å². The van der Waals surface area contributed by atoms with Crippen molar-refractivity contribution in [3.63, 3.8) is 0 Å². The molecule has 3 N–H and O–H groups in total. The van der Waals surface area contributed by atoms with Gasteiger partial charge in [0.05, 0.1) is 24.5 Å². The van der Waals surface area contributed by atoms with Crippen molar-refractivity contribution in [2.45, 2.75) is 25.5 Å². The predicted octanol–water partition coefficient (Wildman–Crippen LogP) is 5.05. The number of aliphatic imine (C=N–C) groups is 1. The molecule has 192 valence electrons. The van der Waals surface area contributed by atoms with Gasteiger partial charge in [-0.25, -0.2) is 4.98 Å². The Morgan fingerprint density at radius 1 is 1.00 bits per heavy atom. The number of aromatic nitrogens is 1. The van der Waals surface area contributed by atoms with Gasteiger partial charge in [-0.2, -0.15) is 0 Å². The van der Waals surface area contributed by atoms with E-state index < -0.39 is 12.1 Å². The van der Waals surface area contributed by atoms with Crippen LogP contribution in [0, 0.1) is 0 Å². The van der Waals surface area contributed by atoms with Crippen LogP contribution in [0.15, 0.2) is 102 Å². The number of pyridine rings is 1. The number of amides is 1. The molecule has 0 spiro atoms. The van der Waals surface area contributed by atoms with E-state index in [0.29, 0.717) is 31.0 Å². The van der Waals surface area contributed by atoms with Crippen LogP contribution >= 0.6 is 0 Å². The number of ether oxygens (including phenoxy) is 1. The van der Waals surface area contributed by atoms with E-state index in [0.717, 1.165) is 33.8 Å². The van der Waals surface area contributed by atoms with Crippen molar-refractivity contribution in [2.75, 3.05) is 18.5 Å². The molecule has 1 aromatic heterocycles. The summed E-state index contributed by atoms with van der Waals surface area (Å²) in [6.45, 7) is 2.80. The Balaban J connectivity index is 1.21. The SMILES string of the molecule is CC(=NCCOc1ccccn1)Nc1ccc2c(c1)C(NC(=O)c1ccc(-c3ccccc3)cc1)C(O)C2. The Morgan fingerprint density at radius 2 is 1.76 bits per heavy atom. The van der Waals surface area contributed by atoms with E-state index in [1.807, 2.05) is 97.9 Å². The van der Waals surface area contributed by atoms with Crippen LogP contribution in [0.2, 0.25) is 0 Å². The van der Waals surface area contributed by atoms with Crippen molar-refractivity contribution in [1.29, 1.82) is 0 Å². The van der Waals surface area contributed by atoms with Crippen LogP contribution in [0.3, 0.4) is 0 Å². The number of carbonyl (C=O) groups is 1. The number of amidine groups is 1. The Labute approximate surface area is 222 Å². The highest BCUT2D eigenvalue weighted by atomic mass is 16.5. The summed E-state index contributed by atoms with van der Waals surface area (Å²) in [6, 6.07) is 28.5. The Morgan fingerprint density at radius 3 is 2.53 bits per heavy atom. The highest BCUT2D eigenvalue weighted by Gasteiger charge is 2.32. The van der Waals surface area contributed by atoms with E-state index in [1.54, 1.807) is 6.20 Å². The number of hydrogen-bond donors (Lipinski definition) is 3. The second kappa shape index (κ2) is 11.7. The molecule has 38 heavy (non-hydrogen) atoms. The Kier molecular flexibility index (Phi) is 7.75. The zero-order valence-electron chi connectivity index (χ0n) is 21.2. The van der Waals surface area contributed by atoms with E-state index in [1.165, 1.54) is 0 Å². The molecule has 0 bridgehead atoms. The van der Waals surface area contributed by atoms with E-state index in [-0.39, 0.29) is 5.91 Å². The maximum Gasteiger partial charge on any atom is 0.251 e. The first-order valence-corrected chi connectivity index (χ1v) is 12.7. The molecule has 1 heterocycles. The maximum absolute atomic E-state index is 13.0. The fourth-order valence-corrected chi connectivity index (χ4v) is 4.59. The van der Waals surface area contributed by atoms with Crippen molar-refractivity contribution in [3.05, 3.63) is 114 Å². The molecule has 1 aliphatic carbocycles. The number of benzene rings is 3. The molecule has 1 amide bonds. The topological polar surface area (TPSA) is 95.8 Å². The third kappa shape index (κ3) is 6.07. The summed E-state index contributed by atoms with van der Waals surface area (Å²) in [6.07, 6.45) is 1.49. The molecular formula is C31H30N4O3. The van der Waals surface area contributed by atoms with Crippen molar-refractivity contribution < 1.29 is 14.6 Å². The third-order valence-electron chi connectivity index (χ3n) is 6.49. The number of rotatable bonds is 8. The summed E-state index contributed by atoms with van der Waals surface area (Å²) in [4.78, 5) is 21.7. The smallest absolute Gasteiger partial charge is 0.251 e. The minimum absolute atomic E-state index is 0.217. The third-order valence-corrected chi connectivity index (χ3v) is 6.49. The van der Waals surface area contributed by atoms with Crippen LogP contribution in [0.25, 0.3) is 11.1 Å². The summed E-state index contributed by atoms with van der Waals surface area (Å²) in [7, 11) is 0.